The van der Waals surface area contributed by atoms with E-state index in [2.05, 4.69) is 6.92 Å². The summed E-state index contributed by atoms with van der Waals surface area (Å²) in [7, 11) is 0. The molecule has 0 spiro atoms. The fraction of sp³-hybridized carbons (Fsp3) is 0.895. The summed E-state index contributed by atoms with van der Waals surface area (Å²) in [5.74, 6) is -0.481. The first-order valence-corrected chi connectivity index (χ1v) is 9.52. The van der Waals surface area contributed by atoms with Gasteiger partial charge in [0.05, 0.1) is 6.10 Å². The Morgan fingerprint density at radius 3 is 2.12 bits per heavy atom. The first kappa shape index (κ1) is 22.9. The van der Waals surface area contributed by atoms with E-state index in [1.165, 1.54) is 0 Å². The summed E-state index contributed by atoms with van der Waals surface area (Å²) >= 11 is 0. The van der Waals surface area contributed by atoms with Crippen LogP contribution in [0.4, 0.5) is 0 Å². The maximum atomic E-state index is 11.7. The van der Waals surface area contributed by atoms with Crippen LogP contribution in [0, 0.1) is 5.92 Å². The van der Waals surface area contributed by atoms with E-state index < -0.39 is 5.97 Å². The van der Waals surface area contributed by atoms with Crippen molar-refractivity contribution in [3.8, 4) is 0 Å². The van der Waals surface area contributed by atoms with E-state index in [1.807, 2.05) is 11.8 Å². The molecular weight excluding hydrogens is 306 g/mol. The fourth-order valence-corrected chi connectivity index (χ4v) is 2.91. The summed E-state index contributed by atoms with van der Waals surface area (Å²) in [5.41, 5.74) is 0. The van der Waals surface area contributed by atoms with Gasteiger partial charge in [0.1, 0.15) is 0 Å². The molecule has 1 amide bonds. The second-order valence-corrected chi connectivity index (χ2v) is 7.00. The molecule has 0 aliphatic carbocycles. The quantitative estimate of drug-likeness (QED) is 0.443. The van der Waals surface area contributed by atoms with Gasteiger partial charge < -0.3 is 15.1 Å². The summed E-state index contributed by atoms with van der Waals surface area (Å²) in [4.78, 5) is 24.2. The molecule has 0 aromatic rings. The van der Waals surface area contributed by atoms with Gasteiger partial charge >= 0.3 is 5.97 Å². The van der Waals surface area contributed by atoms with Crippen LogP contribution in [0.25, 0.3) is 0 Å². The van der Waals surface area contributed by atoms with Crippen molar-refractivity contribution in [3.63, 3.8) is 0 Å². The van der Waals surface area contributed by atoms with Crippen molar-refractivity contribution in [2.45, 2.75) is 91.1 Å². The molecule has 0 bridgehead atoms. The Bertz CT molecular complexity index is 346. The van der Waals surface area contributed by atoms with Gasteiger partial charge in [0, 0.05) is 26.4 Å². The van der Waals surface area contributed by atoms with Crippen molar-refractivity contribution < 1.29 is 19.8 Å². The SMILES string of the molecule is CCCCCC(O)CCCN(CCCCC(C)CC(=O)O)C(C)=O. The molecule has 142 valence electrons. The molecule has 0 aromatic heterocycles. The number of hydrogen-bond acceptors (Lipinski definition) is 3. The minimum absolute atomic E-state index is 0.0778. The highest BCUT2D eigenvalue weighted by atomic mass is 16.4. The Morgan fingerprint density at radius 1 is 0.958 bits per heavy atom. The van der Waals surface area contributed by atoms with Crippen LogP contribution in [0.1, 0.15) is 85.0 Å². The standard InChI is InChI=1S/C19H37NO4/c1-4-5-6-11-18(22)12-9-14-20(17(3)21)13-8-7-10-16(2)15-19(23)24/h16,18,22H,4-15H2,1-3H3,(H,23,24). The zero-order valence-corrected chi connectivity index (χ0v) is 15.8. The Kier molecular flexibility index (Phi) is 13.6. The molecule has 0 rings (SSSR count). The molecule has 5 heteroatoms. The zero-order chi connectivity index (χ0) is 18.4. The number of carbonyl (C=O) groups excluding carboxylic acids is 1. The largest absolute Gasteiger partial charge is 0.481 e. The maximum absolute atomic E-state index is 11.7. The van der Waals surface area contributed by atoms with Gasteiger partial charge in [-0.1, -0.05) is 46.0 Å². The minimum Gasteiger partial charge on any atom is -0.481 e. The molecule has 0 saturated heterocycles. The van der Waals surface area contributed by atoms with Gasteiger partial charge in [-0.2, -0.15) is 0 Å². The lowest BCUT2D eigenvalue weighted by Gasteiger charge is -2.22. The number of aliphatic carboxylic acids is 1. The zero-order valence-electron chi connectivity index (χ0n) is 15.8. The predicted octanol–water partition coefficient (Wildman–Crippen LogP) is 3.84. The Balaban J connectivity index is 3.85. The number of hydrogen-bond donors (Lipinski definition) is 2. The molecule has 2 N–H and O–H groups in total. The molecule has 5 nitrogen and oxygen atoms in total. The molecule has 0 heterocycles. The van der Waals surface area contributed by atoms with E-state index in [1.54, 1.807) is 6.92 Å². The van der Waals surface area contributed by atoms with Crippen molar-refractivity contribution in [2.24, 2.45) is 5.92 Å². The topological polar surface area (TPSA) is 77.8 Å². The smallest absolute Gasteiger partial charge is 0.303 e. The molecule has 0 saturated carbocycles. The van der Waals surface area contributed by atoms with Crippen molar-refractivity contribution in [3.05, 3.63) is 0 Å². The molecular formula is C19H37NO4. The number of unbranched alkanes of at least 4 members (excludes halogenated alkanes) is 3. The van der Waals surface area contributed by atoms with E-state index in [9.17, 15) is 14.7 Å². The first-order valence-electron chi connectivity index (χ1n) is 9.52. The van der Waals surface area contributed by atoms with Crippen molar-refractivity contribution in [1.29, 1.82) is 0 Å². The summed E-state index contributed by atoms with van der Waals surface area (Å²) in [6.07, 6.45) is 8.54. The van der Waals surface area contributed by atoms with E-state index in [0.717, 1.165) is 64.3 Å². The van der Waals surface area contributed by atoms with E-state index in [0.29, 0.717) is 6.54 Å². The Morgan fingerprint density at radius 2 is 1.54 bits per heavy atom. The van der Waals surface area contributed by atoms with Crippen molar-refractivity contribution >= 4 is 11.9 Å². The van der Waals surface area contributed by atoms with Crippen LogP contribution in [0.2, 0.25) is 0 Å². The third kappa shape index (κ3) is 13.3. The predicted molar refractivity (Wildman–Crippen MR) is 96.9 cm³/mol. The monoisotopic (exact) mass is 343 g/mol. The van der Waals surface area contributed by atoms with Gasteiger partial charge in [0.2, 0.25) is 5.91 Å². The highest BCUT2D eigenvalue weighted by molar-refractivity contribution is 5.73. The van der Waals surface area contributed by atoms with Crippen molar-refractivity contribution in [1.82, 2.24) is 4.90 Å². The number of aliphatic hydroxyl groups is 1. The third-order valence-electron chi connectivity index (χ3n) is 4.45. The van der Waals surface area contributed by atoms with E-state index in [4.69, 9.17) is 5.11 Å². The van der Waals surface area contributed by atoms with Crippen LogP contribution in [-0.2, 0) is 9.59 Å². The highest BCUT2D eigenvalue weighted by Crippen LogP contribution is 2.13. The van der Waals surface area contributed by atoms with Gasteiger partial charge in [-0.15, -0.1) is 0 Å². The summed E-state index contributed by atoms with van der Waals surface area (Å²) in [5, 5.41) is 18.7. The second-order valence-electron chi connectivity index (χ2n) is 7.00. The maximum Gasteiger partial charge on any atom is 0.303 e. The van der Waals surface area contributed by atoms with Gasteiger partial charge in [-0.05, 0) is 31.6 Å². The minimum atomic E-state index is -0.745. The summed E-state index contributed by atoms with van der Waals surface area (Å²) in [6.45, 7) is 7.12. The molecule has 0 fully saturated rings. The highest BCUT2D eigenvalue weighted by Gasteiger charge is 2.11. The molecule has 0 aromatic carbocycles. The lowest BCUT2D eigenvalue weighted by Crippen LogP contribution is -2.31. The van der Waals surface area contributed by atoms with Crippen molar-refractivity contribution in [2.75, 3.05) is 13.1 Å². The van der Waals surface area contributed by atoms with E-state index >= 15 is 0 Å². The lowest BCUT2D eigenvalue weighted by atomic mass is 10.0. The van der Waals surface area contributed by atoms with Crippen LogP contribution in [0.15, 0.2) is 0 Å². The van der Waals surface area contributed by atoms with Crippen LogP contribution < -0.4 is 0 Å². The molecule has 0 aliphatic rings. The van der Waals surface area contributed by atoms with Crippen LogP contribution in [0.3, 0.4) is 0 Å². The number of carboxylic acids is 1. The molecule has 0 aliphatic heterocycles. The fourth-order valence-electron chi connectivity index (χ4n) is 2.91. The Hall–Kier alpha value is -1.10. The average molecular weight is 344 g/mol. The molecule has 0 radical (unpaired) electrons. The van der Waals surface area contributed by atoms with Gasteiger partial charge in [-0.3, -0.25) is 9.59 Å². The van der Waals surface area contributed by atoms with Crippen LogP contribution >= 0.6 is 0 Å². The lowest BCUT2D eigenvalue weighted by molar-refractivity contribution is -0.138. The molecule has 2 unspecified atom stereocenters. The van der Waals surface area contributed by atoms with Gasteiger partial charge in [0.15, 0.2) is 0 Å². The second kappa shape index (κ2) is 14.3. The van der Waals surface area contributed by atoms with Crippen LogP contribution in [-0.4, -0.2) is 46.2 Å². The average Bonchev–Trinajstić information content (AvgIpc) is 2.48. The molecule has 2 atom stereocenters. The summed E-state index contributed by atoms with van der Waals surface area (Å²) in [6, 6.07) is 0. The molecule has 24 heavy (non-hydrogen) atoms. The summed E-state index contributed by atoms with van der Waals surface area (Å²) < 4.78 is 0. The number of aliphatic hydroxyl groups excluding tert-OH is 1. The number of nitrogens with zero attached hydrogens (tertiary/aromatic N) is 1. The van der Waals surface area contributed by atoms with Gasteiger partial charge in [0.25, 0.3) is 0 Å². The van der Waals surface area contributed by atoms with Crippen LogP contribution in [0.5, 0.6) is 0 Å². The first-order chi connectivity index (χ1) is 11.4. The van der Waals surface area contributed by atoms with E-state index in [-0.39, 0.29) is 24.3 Å². The normalized spacial score (nSPS) is 13.5. The Labute approximate surface area is 147 Å². The third-order valence-corrected chi connectivity index (χ3v) is 4.45. The number of rotatable bonds is 15. The number of amides is 1. The van der Waals surface area contributed by atoms with Gasteiger partial charge in [-0.25, -0.2) is 0 Å². The number of carboxylic acid groups (broad SMARTS) is 1. The number of carbonyl (C=O) groups is 2.